The number of pyridine rings is 1. The molecule has 0 aromatic carbocycles. The normalized spacial score (nSPS) is 17.7. The zero-order valence-corrected chi connectivity index (χ0v) is 9.11. The molecule has 0 saturated heterocycles. The first kappa shape index (κ1) is 10.6. The Kier molecular flexibility index (Phi) is 3.34. The zero-order chi connectivity index (χ0) is 10.7. The van der Waals surface area contributed by atoms with Crippen molar-refractivity contribution < 1.29 is 5.11 Å². The molecule has 0 spiro atoms. The van der Waals surface area contributed by atoms with Crippen LogP contribution >= 0.6 is 0 Å². The van der Waals surface area contributed by atoms with Gasteiger partial charge in [0.05, 0.1) is 11.8 Å². The van der Waals surface area contributed by atoms with Crippen LogP contribution in [0.3, 0.4) is 0 Å². The molecule has 1 saturated carbocycles. The average Bonchev–Trinajstić information content (AvgIpc) is 3.04. The van der Waals surface area contributed by atoms with Crippen LogP contribution in [0, 0.1) is 12.8 Å². The van der Waals surface area contributed by atoms with Gasteiger partial charge in [-0.25, -0.2) is 0 Å². The van der Waals surface area contributed by atoms with Gasteiger partial charge in [-0.1, -0.05) is 6.07 Å². The number of rotatable bonds is 5. The SMILES string of the molecule is Cc1cccnc1CNCC(O)C1CC1. The van der Waals surface area contributed by atoms with Crippen LogP contribution in [0.25, 0.3) is 0 Å². The molecule has 0 amide bonds. The molecule has 1 unspecified atom stereocenters. The highest BCUT2D eigenvalue weighted by Crippen LogP contribution is 2.32. The fourth-order valence-electron chi connectivity index (χ4n) is 1.69. The van der Waals surface area contributed by atoms with Gasteiger partial charge in [0, 0.05) is 19.3 Å². The van der Waals surface area contributed by atoms with Gasteiger partial charge >= 0.3 is 0 Å². The van der Waals surface area contributed by atoms with Gasteiger partial charge in [0.15, 0.2) is 0 Å². The molecule has 1 aromatic heterocycles. The molecular weight excluding hydrogens is 188 g/mol. The van der Waals surface area contributed by atoms with Gasteiger partial charge in [-0.15, -0.1) is 0 Å². The number of nitrogens with one attached hydrogen (secondary N) is 1. The number of aliphatic hydroxyl groups is 1. The minimum Gasteiger partial charge on any atom is -0.392 e. The fraction of sp³-hybridized carbons (Fsp3) is 0.583. The van der Waals surface area contributed by atoms with Crippen LogP contribution in [0.5, 0.6) is 0 Å². The average molecular weight is 206 g/mol. The molecule has 1 heterocycles. The van der Waals surface area contributed by atoms with E-state index in [0.717, 1.165) is 12.2 Å². The minimum absolute atomic E-state index is 0.172. The molecular formula is C12H18N2O. The van der Waals surface area contributed by atoms with Crippen LogP contribution in [0.15, 0.2) is 18.3 Å². The standard InChI is InChI=1S/C12H18N2O/c1-9-3-2-6-14-11(9)7-13-8-12(15)10-4-5-10/h2-3,6,10,12-13,15H,4-5,7-8H2,1H3. The predicted octanol–water partition coefficient (Wildman–Crippen LogP) is 1.25. The summed E-state index contributed by atoms with van der Waals surface area (Å²) in [6, 6.07) is 4.00. The highest BCUT2D eigenvalue weighted by molar-refractivity contribution is 5.17. The summed E-state index contributed by atoms with van der Waals surface area (Å²) < 4.78 is 0. The minimum atomic E-state index is -0.172. The number of hydrogen-bond acceptors (Lipinski definition) is 3. The second-order valence-electron chi connectivity index (χ2n) is 4.30. The van der Waals surface area contributed by atoms with Crippen LogP contribution in [0.2, 0.25) is 0 Å². The maximum Gasteiger partial charge on any atom is 0.0692 e. The number of hydrogen-bond donors (Lipinski definition) is 2. The molecule has 0 aliphatic heterocycles. The molecule has 1 fully saturated rings. The third-order valence-corrected chi connectivity index (χ3v) is 2.93. The van der Waals surface area contributed by atoms with E-state index < -0.39 is 0 Å². The van der Waals surface area contributed by atoms with Crippen molar-refractivity contribution in [3.05, 3.63) is 29.6 Å². The number of nitrogens with zero attached hydrogens (tertiary/aromatic N) is 1. The molecule has 1 aliphatic carbocycles. The summed E-state index contributed by atoms with van der Waals surface area (Å²) in [5.74, 6) is 0.544. The molecule has 15 heavy (non-hydrogen) atoms. The van der Waals surface area contributed by atoms with E-state index in [1.165, 1.54) is 18.4 Å². The fourth-order valence-corrected chi connectivity index (χ4v) is 1.69. The van der Waals surface area contributed by atoms with Crippen molar-refractivity contribution in [1.29, 1.82) is 0 Å². The van der Waals surface area contributed by atoms with Crippen LogP contribution in [-0.4, -0.2) is 22.7 Å². The molecule has 3 nitrogen and oxygen atoms in total. The quantitative estimate of drug-likeness (QED) is 0.762. The smallest absolute Gasteiger partial charge is 0.0692 e. The first-order valence-corrected chi connectivity index (χ1v) is 5.56. The van der Waals surface area contributed by atoms with E-state index in [1.54, 1.807) is 6.20 Å². The van der Waals surface area contributed by atoms with Gasteiger partial charge in [-0.3, -0.25) is 4.98 Å². The van der Waals surface area contributed by atoms with Crippen molar-refractivity contribution >= 4 is 0 Å². The van der Waals surface area contributed by atoms with Crippen molar-refractivity contribution in [2.45, 2.75) is 32.4 Å². The van der Waals surface area contributed by atoms with Crippen molar-refractivity contribution in [2.24, 2.45) is 5.92 Å². The van der Waals surface area contributed by atoms with E-state index >= 15 is 0 Å². The number of aromatic nitrogens is 1. The Labute approximate surface area is 90.5 Å². The van der Waals surface area contributed by atoms with Crippen LogP contribution in [-0.2, 0) is 6.54 Å². The van der Waals surface area contributed by atoms with E-state index in [0.29, 0.717) is 12.5 Å². The van der Waals surface area contributed by atoms with Crippen LogP contribution < -0.4 is 5.32 Å². The second kappa shape index (κ2) is 4.73. The van der Waals surface area contributed by atoms with Crippen molar-refractivity contribution in [2.75, 3.05) is 6.54 Å². The second-order valence-corrected chi connectivity index (χ2v) is 4.30. The van der Waals surface area contributed by atoms with E-state index in [-0.39, 0.29) is 6.10 Å². The lowest BCUT2D eigenvalue weighted by Gasteiger charge is -2.11. The zero-order valence-electron chi connectivity index (χ0n) is 9.11. The predicted molar refractivity (Wildman–Crippen MR) is 59.4 cm³/mol. The number of aryl methyl sites for hydroxylation is 1. The van der Waals surface area contributed by atoms with E-state index in [9.17, 15) is 5.11 Å². The summed E-state index contributed by atoms with van der Waals surface area (Å²) in [6.45, 7) is 3.48. The molecule has 1 atom stereocenters. The Balaban J connectivity index is 1.75. The maximum atomic E-state index is 9.65. The molecule has 82 valence electrons. The molecule has 0 bridgehead atoms. The summed E-state index contributed by atoms with van der Waals surface area (Å²) >= 11 is 0. The van der Waals surface area contributed by atoms with Gasteiger partial charge in [0.1, 0.15) is 0 Å². The van der Waals surface area contributed by atoms with E-state index in [2.05, 4.69) is 23.3 Å². The van der Waals surface area contributed by atoms with Crippen molar-refractivity contribution in [3.63, 3.8) is 0 Å². The Morgan fingerprint density at radius 3 is 3.07 bits per heavy atom. The van der Waals surface area contributed by atoms with Gasteiger partial charge < -0.3 is 10.4 Å². The lowest BCUT2D eigenvalue weighted by Crippen LogP contribution is -2.28. The first-order valence-electron chi connectivity index (χ1n) is 5.56. The van der Waals surface area contributed by atoms with Gasteiger partial charge in [0.2, 0.25) is 0 Å². The molecule has 1 aliphatic rings. The van der Waals surface area contributed by atoms with Gasteiger partial charge in [0.25, 0.3) is 0 Å². The molecule has 0 radical (unpaired) electrons. The molecule has 2 N–H and O–H groups in total. The van der Waals surface area contributed by atoms with Gasteiger partial charge in [-0.2, -0.15) is 0 Å². The highest BCUT2D eigenvalue weighted by Gasteiger charge is 2.29. The monoisotopic (exact) mass is 206 g/mol. The Bertz CT molecular complexity index is 323. The Hall–Kier alpha value is -0.930. The van der Waals surface area contributed by atoms with E-state index in [4.69, 9.17) is 0 Å². The van der Waals surface area contributed by atoms with Crippen molar-refractivity contribution in [1.82, 2.24) is 10.3 Å². The van der Waals surface area contributed by atoms with Crippen LogP contribution in [0.4, 0.5) is 0 Å². The lowest BCUT2D eigenvalue weighted by molar-refractivity contribution is 0.148. The molecule has 1 aromatic rings. The highest BCUT2D eigenvalue weighted by atomic mass is 16.3. The van der Waals surface area contributed by atoms with Crippen molar-refractivity contribution in [3.8, 4) is 0 Å². The summed E-state index contributed by atoms with van der Waals surface area (Å²) in [5, 5.41) is 12.9. The van der Waals surface area contributed by atoms with Crippen LogP contribution in [0.1, 0.15) is 24.1 Å². The van der Waals surface area contributed by atoms with E-state index in [1.807, 2.05) is 6.07 Å². The van der Waals surface area contributed by atoms with Gasteiger partial charge in [-0.05, 0) is 37.3 Å². The molecule has 2 rings (SSSR count). The summed E-state index contributed by atoms with van der Waals surface area (Å²) in [7, 11) is 0. The molecule has 3 heteroatoms. The Morgan fingerprint density at radius 2 is 2.40 bits per heavy atom. The summed E-state index contributed by atoms with van der Waals surface area (Å²) in [5.41, 5.74) is 2.27. The topological polar surface area (TPSA) is 45.2 Å². The maximum absolute atomic E-state index is 9.65. The lowest BCUT2D eigenvalue weighted by atomic mass is 10.2. The summed E-state index contributed by atoms with van der Waals surface area (Å²) in [6.07, 6.45) is 4.01. The first-order chi connectivity index (χ1) is 7.27. The Morgan fingerprint density at radius 1 is 1.60 bits per heavy atom. The third-order valence-electron chi connectivity index (χ3n) is 2.93. The summed E-state index contributed by atoms with van der Waals surface area (Å²) in [4.78, 5) is 4.29. The third kappa shape index (κ3) is 3.01. The number of aliphatic hydroxyl groups excluding tert-OH is 1. The largest absolute Gasteiger partial charge is 0.392 e.